The van der Waals surface area contributed by atoms with Gasteiger partial charge in [-0.3, -0.25) is 13.9 Å². The Bertz CT molecular complexity index is 1700. The van der Waals surface area contributed by atoms with Gasteiger partial charge in [-0.15, -0.1) is 0 Å². The number of benzene rings is 4. The maximum atomic E-state index is 14.4. The molecule has 2 amide bonds. The summed E-state index contributed by atoms with van der Waals surface area (Å²) in [6.45, 7) is 2.84. The summed E-state index contributed by atoms with van der Waals surface area (Å²) in [6, 6.07) is 27.7. The van der Waals surface area contributed by atoms with Gasteiger partial charge in [0.1, 0.15) is 12.6 Å². The quantitative estimate of drug-likeness (QED) is 0.180. The summed E-state index contributed by atoms with van der Waals surface area (Å²) in [7, 11) is -4.53. The standard InChI is InChI=1S/C35H36F3N3O4S/c1-3-26(2)39-34(43)32(22-27-14-7-4-8-15-27)40(24-28-16-9-5-10-17-28)33(42)25-41(46(44,45)31-20-11-6-12-21-31)30-19-13-18-29(23-30)35(36,37)38/h4-21,23,26,32H,3,22,24-25H2,1-2H3,(H,39,43)/t26-,32+/m0/s1. The van der Waals surface area contributed by atoms with E-state index >= 15 is 0 Å². The first-order valence-corrected chi connectivity index (χ1v) is 16.3. The Labute approximate surface area is 267 Å². The zero-order valence-corrected chi connectivity index (χ0v) is 26.3. The van der Waals surface area contributed by atoms with Crippen molar-refractivity contribution < 1.29 is 31.2 Å². The van der Waals surface area contributed by atoms with Crippen molar-refractivity contribution in [3.63, 3.8) is 0 Å². The maximum absolute atomic E-state index is 14.4. The molecule has 46 heavy (non-hydrogen) atoms. The van der Waals surface area contributed by atoms with Gasteiger partial charge in [-0.1, -0.05) is 91.9 Å². The Kier molecular flexibility index (Phi) is 11.2. The lowest BCUT2D eigenvalue weighted by Crippen LogP contribution is -2.54. The number of sulfonamides is 1. The summed E-state index contributed by atoms with van der Waals surface area (Å²) in [4.78, 5) is 29.3. The van der Waals surface area contributed by atoms with Crippen molar-refractivity contribution in [2.75, 3.05) is 10.8 Å². The third-order valence-electron chi connectivity index (χ3n) is 7.54. The Morgan fingerprint density at radius 3 is 1.93 bits per heavy atom. The minimum atomic E-state index is -4.75. The number of carbonyl (C=O) groups is 2. The van der Waals surface area contributed by atoms with Gasteiger partial charge in [0.05, 0.1) is 16.1 Å². The van der Waals surface area contributed by atoms with E-state index in [0.29, 0.717) is 22.4 Å². The number of rotatable bonds is 13. The van der Waals surface area contributed by atoms with E-state index in [1.807, 2.05) is 44.2 Å². The Morgan fingerprint density at radius 1 is 0.804 bits per heavy atom. The summed E-state index contributed by atoms with van der Waals surface area (Å²) >= 11 is 0. The van der Waals surface area contributed by atoms with Crippen LogP contribution in [0.4, 0.5) is 18.9 Å². The van der Waals surface area contributed by atoms with Crippen molar-refractivity contribution in [1.82, 2.24) is 10.2 Å². The molecule has 0 bridgehead atoms. The van der Waals surface area contributed by atoms with Crippen LogP contribution in [-0.2, 0) is 38.8 Å². The number of carbonyl (C=O) groups excluding carboxylic acids is 2. The fraction of sp³-hybridized carbons (Fsp3) is 0.257. The molecule has 0 spiro atoms. The largest absolute Gasteiger partial charge is 0.416 e. The molecule has 0 aliphatic carbocycles. The fourth-order valence-corrected chi connectivity index (χ4v) is 6.29. The van der Waals surface area contributed by atoms with Crippen LogP contribution in [0.2, 0.25) is 0 Å². The lowest BCUT2D eigenvalue weighted by Gasteiger charge is -2.34. The van der Waals surface area contributed by atoms with Crippen LogP contribution < -0.4 is 9.62 Å². The molecule has 4 rings (SSSR count). The second kappa shape index (κ2) is 15.1. The van der Waals surface area contributed by atoms with Crippen LogP contribution >= 0.6 is 0 Å². The second-order valence-corrected chi connectivity index (χ2v) is 12.8. The van der Waals surface area contributed by atoms with Crippen LogP contribution in [0, 0.1) is 0 Å². The molecule has 0 aliphatic heterocycles. The van der Waals surface area contributed by atoms with Crippen LogP contribution in [0.5, 0.6) is 0 Å². The molecule has 1 N–H and O–H groups in total. The number of nitrogens with one attached hydrogen (secondary N) is 1. The van der Waals surface area contributed by atoms with Gasteiger partial charge in [0, 0.05) is 19.0 Å². The summed E-state index contributed by atoms with van der Waals surface area (Å²) in [5.41, 5.74) is 0.0446. The minimum Gasteiger partial charge on any atom is -0.352 e. The van der Waals surface area contributed by atoms with E-state index < -0.39 is 46.2 Å². The lowest BCUT2D eigenvalue weighted by molar-refractivity contribution is -0.140. The predicted molar refractivity (Wildman–Crippen MR) is 171 cm³/mol. The summed E-state index contributed by atoms with van der Waals surface area (Å²) in [5, 5.41) is 2.95. The Morgan fingerprint density at radius 2 is 1.37 bits per heavy atom. The summed E-state index contributed by atoms with van der Waals surface area (Å²) < 4.78 is 69.8. The average molecular weight is 652 g/mol. The number of alkyl halides is 3. The third-order valence-corrected chi connectivity index (χ3v) is 9.33. The van der Waals surface area contributed by atoms with Gasteiger partial charge in [0.2, 0.25) is 11.8 Å². The fourth-order valence-electron chi connectivity index (χ4n) is 4.86. The number of amides is 2. The van der Waals surface area contributed by atoms with Gasteiger partial charge in [-0.2, -0.15) is 13.2 Å². The molecule has 0 aliphatic rings. The summed E-state index contributed by atoms with van der Waals surface area (Å²) in [5.74, 6) is -1.19. The normalized spacial score (nSPS) is 13.0. The molecule has 0 saturated carbocycles. The molecule has 0 heterocycles. The molecule has 0 radical (unpaired) electrons. The topological polar surface area (TPSA) is 86.8 Å². The first-order chi connectivity index (χ1) is 21.9. The highest BCUT2D eigenvalue weighted by molar-refractivity contribution is 7.92. The number of hydrogen-bond donors (Lipinski definition) is 1. The molecule has 7 nitrogen and oxygen atoms in total. The van der Waals surface area contributed by atoms with Crippen molar-refractivity contribution >= 4 is 27.5 Å². The number of anilines is 1. The van der Waals surface area contributed by atoms with Gasteiger partial charge in [0.15, 0.2) is 0 Å². The Hall–Kier alpha value is -4.64. The first-order valence-electron chi connectivity index (χ1n) is 14.8. The van der Waals surface area contributed by atoms with Gasteiger partial charge in [-0.25, -0.2) is 8.42 Å². The Balaban J connectivity index is 1.83. The molecule has 4 aromatic rings. The van der Waals surface area contributed by atoms with Crippen molar-refractivity contribution in [2.24, 2.45) is 0 Å². The number of nitrogens with zero attached hydrogens (tertiary/aromatic N) is 2. The first kappa shape index (κ1) is 34.2. The highest BCUT2D eigenvalue weighted by atomic mass is 32.2. The highest BCUT2D eigenvalue weighted by Gasteiger charge is 2.36. The monoisotopic (exact) mass is 651 g/mol. The number of halogens is 3. The van der Waals surface area contributed by atoms with Gasteiger partial charge in [-0.05, 0) is 54.8 Å². The van der Waals surface area contributed by atoms with Crippen LogP contribution in [0.1, 0.15) is 37.0 Å². The molecule has 11 heteroatoms. The molecule has 242 valence electrons. The number of hydrogen-bond acceptors (Lipinski definition) is 4. The van der Waals surface area contributed by atoms with E-state index in [4.69, 9.17) is 0 Å². The van der Waals surface area contributed by atoms with Gasteiger partial charge < -0.3 is 10.2 Å². The van der Waals surface area contributed by atoms with E-state index in [1.165, 1.54) is 35.2 Å². The smallest absolute Gasteiger partial charge is 0.352 e. The van der Waals surface area contributed by atoms with E-state index in [0.717, 1.165) is 17.7 Å². The van der Waals surface area contributed by atoms with Crippen molar-refractivity contribution in [3.05, 3.63) is 132 Å². The molecule has 0 fully saturated rings. The zero-order valence-electron chi connectivity index (χ0n) is 25.5. The van der Waals surface area contributed by atoms with Crippen molar-refractivity contribution in [1.29, 1.82) is 0 Å². The van der Waals surface area contributed by atoms with E-state index in [1.54, 1.807) is 36.4 Å². The van der Waals surface area contributed by atoms with E-state index in [-0.39, 0.29) is 29.6 Å². The van der Waals surface area contributed by atoms with Gasteiger partial charge >= 0.3 is 6.18 Å². The van der Waals surface area contributed by atoms with Crippen LogP contribution in [-0.4, -0.2) is 43.8 Å². The maximum Gasteiger partial charge on any atom is 0.416 e. The van der Waals surface area contributed by atoms with Gasteiger partial charge in [0.25, 0.3) is 10.0 Å². The third kappa shape index (κ3) is 8.75. The molecule has 4 aromatic carbocycles. The molecule has 0 saturated heterocycles. The van der Waals surface area contributed by atoms with E-state index in [9.17, 15) is 31.2 Å². The molecular weight excluding hydrogens is 615 g/mol. The second-order valence-electron chi connectivity index (χ2n) is 10.9. The van der Waals surface area contributed by atoms with E-state index in [2.05, 4.69) is 5.32 Å². The zero-order chi connectivity index (χ0) is 33.3. The summed E-state index contributed by atoms with van der Waals surface area (Å²) in [6.07, 6.45) is -4.00. The lowest BCUT2D eigenvalue weighted by atomic mass is 10.0. The van der Waals surface area contributed by atoms with Crippen LogP contribution in [0.3, 0.4) is 0 Å². The van der Waals surface area contributed by atoms with Crippen LogP contribution in [0.15, 0.2) is 120 Å². The van der Waals surface area contributed by atoms with Crippen molar-refractivity contribution in [3.8, 4) is 0 Å². The SMILES string of the molecule is CC[C@H](C)NC(=O)[C@@H](Cc1ccccc1)N(Cc1ccccc1)C(=O)CN(c1cccc(C(F)(F)F)c1)S(=O)(=O)c1ccccc1. The highest BCUT2D eigenvalue weighted by Crippen LogP contribution is 2.33. The molecule has 0 aromatic heterocycles. The predicted octanol–water partition coefficient (Wildman–Crippen LogP) is 6.46. The molecular formula is C35H36F3N3O4S. The average Bonchev–Trinajstić information content (AvgIpc) is 3.06. The van der Waals surface area contributed by atoms with Crippen molar-refractivity contribution in [2.45, 2.75) is 56.4 Å². The van der Waals surface area contributed by atoms with Crippen LogP contribution in [0.25, 0.3) is 0 Å². The molecule has 0 unspecified atom stereocenters. The molecule has 2 atom stereocenters. The minimum absolute atomic E-state index is 0.0487.